The predicted octanol–water partition coefficient (Wildman–Crippen LogP) is 5.99. The van der Waals surface area contributed by atoms with Crippen LogP contribution in [0.5, 0.6) is 5.75 Å². The Kier molecular flexibility index (Phi) is 6.17. The van der Waals surface area contributed by atoms with E-state index in [2.05, 4.69) is 18.8 Å². The molecule has 6 nitrogen and oxygen atoms in total. The molecule has 0 radical (unpaired) electrons. The molecule has 0 spiro atoms. The molecule has 2 aromatic carbocycles. The fourth-order valence-electron chi connectivity index (χ4n) is 4.03. The van der Waals surface area contributed by atoms with Crippen LogP contribution in [0.4, 0.5) is 5.69 Å². The molecule has 0 saturated heterocycles. The molecule has 5 rings (SSSR count). The molecule has 7 heteroatoms. The zero-order valence-corrected chi connectivity index (χ0v) is 20.6. The molecule has 4 aromatic rings. The predicted molar refractivity (Wildman–Crippen MR) is 138 cm³/mol. The highest BCUT2D eigenvalue weighted by atomic mass is 32.1. The minimum absolute atomic E-state index is 0.0553. The Morgan fingerprint density at radius 2 is 1.89 bits per heavy atom. The third kappa shape index (κ3) is 4.59. The molecule has 1 unspecified atom stereocenters. The van der Waals surface area contributed by atoms with Crippen molar-refractivity contribution < 1.29 is 14.3 Å². The molecule has 35 heavy (non-hydrogen) atoms. The number of thiazole rings is 1. The van der Waals surface area contributed by atoms with E-state index in [-0.39, 0.29) is 18.2 Å². The van der Waals surface area contributed by atoms with Gasteiger partial charge in [-0.2, -0.15) is 0 Å². The first-order chi connectivity index (χ1) is 16.9. The van der Waals surface area contributed by atoms with Gasteiger partial charge in [-0.05, 0) is 48.7 Å². The number of nitrogens with zero attached hydrogens (tertiary/aromatic N) is 3. The Hall–Kier alpha value is -3.84. The highest BCUT2D eigenvalue weighted by Crippen LogP contribution is 2.38. The lowest BCUT2D eigenvalue weighted by Gasteiger charge is -2.33. The number of fused-ring (bicyclic) bond motifs is 1. The summed E-state index contributed by atoms with van der Waals surface area (Å²) in [6.07, 6.45) is 1.07. The number of pyridine rings is 1. The van der Waals surface area contributed by atoms with Gasteiger partial charge < -0.3 is 4.74 Å². The van der Waals surface area contributed by atoms with E-state index in [9.17, 15) is 9.59 Å². The normalized spacial score (nSPS) is 15.1. The molecule has 176 valence electrons. The van der Waals surface area contributed by atoms with Crippen LogP contribution in [0.3, 0.4) is 0 Å². The summed E-state index contributed by atoms with van der Waals surface area (Å²) < 4.78 is 5.84. The van der Waals surface area contributed by atoms with Crippen LogP contribution < -0.4 is 9.64 Å². The second-order valence-electron chi connectivity index (χ2n) is 8.82. The second-order valence-corrected chi connectivity index (χ2v) is 9.68. The van der Waals surface area contributed by atoms with Gasteiger partial charge >= 0.3 is 0 Å². The van der Waals surface area contributed by atoms with Gasteiger partial charge in [0.25, 0.3) is 5.91 Å². The number of carbonyl (C=O) groups is 2. The zero-order valence-electron chi connectivity index (χ0n) is 19.8. The van der Waals surface area contributed by atoms with Gasteiger partial charge in [-0.1, -0.05) is 44.2 Å². The maximum atomic E-state index is 13.1. The maximum Gasteiger partial charge on any atom is 0.268 e. The third-order valence-electron chi connectivity index (χ3n) is 6.05. The number of hydrogen-bond donors (Lipinski definition) is 0. The van der Waals surface area contributed by atoms with Crippen molar-refractivity contribution in [1.29, 1.82) is 0 Å². The molecule has 0 saturated carbocycles. The smallest absolute Gasteiger partial charge is 0.268 e. The number of anilines is 1. The highest BCUT2D eigenvalue weighted by molar-refractivity contribution is 7.13. The van der Waals surface area contributed by atoms with Gasteiger partial charge in [0.2, 0.25) is 0 Å². The van der Waals surface area contributed by atoms with Crippen LogP contribution in [0.25, 0.3) is 22.0 Å². The fourth-order valence-corrected chi connectivity index (χ4v) is 4.84. The molecular formula is C28H25N3O3S. The third-order valence-corrected chi connectivity index (χ3v) is 6.92. The Morgan fingerprint density at radius 1 is 1.09 bits per heavy atom. The number of rotatable bonds is 6. The standard InChI is InChI=1S/C28H25N3O3S/c1-17(2)19-7-9-20(10-8-19)25(32)15-31-24-14-21(11-12-26(24)34-18(3)28(31)33)23-16-35-27(30-23)22-6-4-5-13-29-22/h4-14,16-18H,15H2,1-3H3. The van der Waals surface area contributed by atoms with E-state index < -0.39 is 6.10 Å². The van der Waals surface area contributed by atoms with Crippen molar-refractivity contribution in [2.45, 2.75) is 32.8 Å². The average molecular weight is 484 g/mol. The zero-order chi connectivity index (χ0) is 24.5. The lowest BCUT2D eigenvalue weighted by atomic mass is 10.00. The SMILES string of the molecule is CC1Oc2ccc(-c3csc(-c4ccccn4)n3)cc2N(CC(=O)c2ccc(C(C)C)cc2)C1=O. The Labute approximate surface area is 208 Å². The van der Waals surface area contributed by atoms with Gasteiger partial charge in [-0.3, -0.25) is 19.5 Å². The number of ether oxygens (including phenoxy) is 1. The fraction of sp³-hybridized carbons (Fsp3) is 0.214. The summed E-state index contributed by atoms with van der Waals surface area (Å²) in [5.41, 5.74) is 4.75. The van der Waals surface area contributed by atoms with Crippen LogP contribution in [0.2, 0.25) is 0 Å². The minimum atomic E-state index is -0.667. The molecule has 1 atom stereocenters. The summed E-state index contributed by atoms with van der Waals surface area (Å²) in [5.74, 6) is 0.596. The molecule has 1 aliphatic heterocycles. The van der Waals surface area contributed by atoms with E-state index >= 15 is 0 Å². The molecule has 1 amide bonds. The number of carbonyl (C=O) groups excluding carboxylic acids is 2. The Morgan fingerprint density at radius 3 is 2.60 bits per heavy atom. The molecule has 2 aromatic heterocycles. The number of aromatic nitrogens is 2. The first-order valence-electron chi connectivity index (χ1n) is 11.5. The molecule has 0 bridgehead atoms. The summed E-state index contributed by atoms with van der Waals surface area (Å²) in [4.78, 5) is 36.8. The van der Waals surface area contributed by atoms with Gasteiger partial charge in [0, 0.05) is 22.7 Å². The van der Waals surface area contributed by atoms with Crippen LogP contribution in [0, 0.1) is 0 Å². The summed E-state index contributed by atoms with van der Waals surface area (Å²) in [5, 5.41) is 2.78. The Balaban J connectivity index is 1.45. The van der Waals surface area contributed by atoms with Crippen LogP contribution in [0.15, 0.2) is 72.2 Å². The van der Waals surface area contributed by atoms with Gasteiger partial charge in [-0.15, -0.1) is 11.3 Å². The number of amides is 1. The second kappa shape index (κ2) is 9.43. The van der Waals surface area contributed by atoms with Gasteiger partial charge in [0.15, 0.2) is 11.9 Å². The van der Waals surface area contributed by atoms with Crippen molar-refractivity contribution >= 4 is 28.7 Å². The molecule has 0 fully saturated rings. The van der Waals surface area contributed by atoms with Crippen molar-refractivity contribution in [1.82, 2.24) is 9.97 Å². The van der Waals surface area contributed by atoms with Crippen molar-refractivity contribution in [2.75, 3.05) is 11.4 Å². The number of hydrogen-bond acceptors (Lipinski definition) is 6. The first kappa shape index (κ1) is 22.9. The van der Waals surface area contributed by atoms with Gasteiger partial charge in [0.1, 0.15) is 10.8 Å². The van der Waals surface area contributed by atoms with E-state index in [1.807, 2.05) is 66.0 Å². The van der Waals surface area contributed by atoms with Crippen molar-refractivity contribution in [3.63, 3.8) is 0 Å². The molecular weight excluding hydrogens is 458 g/mol. The molecule has 3 heterocycles. The van der Waals surface area contributed by atoms with E-state index in [0.29, 0.717) is 22.9 Å². The van der Waals surface area contributed by atoms with Crippen molar-refractivity contribution in [2.24, 2.45) is 0 Å². The van der Waals surface area contributed by atoms with E-state index in [1.165, 1.54) is 21.8 Å². The van der Waals surface area contributed by atoms with Gasteiger partial charge in [-0.25, -0.2) is 4.98 Å². The molecule has 0 aliphatic carbocycles. The van der Waals surface area contributed by atoms with Gasteiger partial charge in [0.05, 0.1) is 23.6 Å². The largest absolute Gasteiger partial charge is 0.479 e. The van der Waals surface area contributed by atoms with Crippen molar-refractivity contribution in [3.8, 4) is 27.7 Å². The summed E-state index contributed by atoms with van der Waals surface area (Å²) in [6, 6.07) is 18.9. The van der Waals surface area contributed by atoms with E-state index in [4.69, 9.17) is 9.72 Å². The summed E-state index contributed by atoms with van der Waals surface area (Å²) in [7, 11) is 0. The van der Waals surface area contributed by atoms with Crippen LogP contribution in [-0.4, -0.2) is 34.3 Å². The average Bonchev–Trinajstić information content (AvgIpc) is 3.37. The first-order valence-corrected chi connectivity index (χ1v) is 12.4. The van der Waals surface area contributed by atoms with Crippen LogP contribution >= 0.6 is 11.3 Å². The number of Topliss-reactive ketones (excluding diaryl/α,β-unsaturated/α-hetero) is 1. The monoisotopic (exact) mass is 483 g/mol. The molecule has 0 N–H and O–H groups in total. The number of benzene rings is 2. The number of ketones is 1. The molecule has 1 aliphatic rings. The van der Waals surface area contributed by atoms with E-state index in [0.717, 1.165) is 22.0 Å². The lowest BCUT2D eigenvalue weighted by molar-refractivity contribution is -0.125. The van der Waals surface area contributed by atoms with Crippen molar-refractivity contribution in [3.05, 3.63) is 83.4 Å². The lowest BCUT2D eigenvalue weighted by Crippen LogP contribution is -2.46. The topological polar surface area (TPSA) is 72.4 Å². The Bertz CT molecular complexity index is 1380. The van der Waals surface area contributed by atoms with Crippen LogP contribution in [0.1, 0.15) is 42.6 Å². The highest BCUT2D eigenvalue weighted by Gasteiger charge is 2.33. The van der Waals surface area contributed by atoms with Crippen LogP contribution in [-0.2, 0) is 4.79 Å². The quantitative estimate of drug-likeness (QED) is 0.315. The maximum absolute atomic E-state index is 13.1. The minimum Gasteiger partial charge on any atom is -0.479 e. The summed E-state index contributed by atoms with van der Waals surface area (Å²) >= 11 is 1.51. The summed E-state index contributed by atoms with van der Waals surface area (Å²) in [6.45, 7) is 5.87. The van der Waals surface area contributed by atoms with E-state index in [1.54, 1.807) is 13.1 Å².